The third kappa shape index (κ3) is 4.16. The molecule has 114 valence electrons. The van der Waals surface area contributed by atoms with E-state index in [1.165, 1.54) is 16.6 Å². The summed E-state index contributed by atoms with van der Waals surface area (Å²) < 4.78 is 27.4. The molecular weight excluding hydrogens is 364 g/mol. The van der Waals surface area contributed by atoms with Crippen LogP contribution in [0.4, 0.5) is 0 Å². The first-order valence-electron chi connectivity index (χ1n) is 6.67. The number of aromatic nitrogens is 1. The van der Waals surface area contributed by atoms with Crippen molar-refractivity contribution in [2.24, 2.45) is 5.92 Å². The van der Waals surface area contributed by atoms with E-state index in [1.807, 2.05) is 6.92 Å². The summed E-state index contributed by atoms with van der Waals surface area (Å²) in [6, 6.07) is 1.50. The minimum Gasteiger partial charge on any atom is -0.242 e. The van der Waals surface area contributed by atoms with E-state index in [-0.39, 0.29) is 10.0 Å². The van der Waals surface area contributed by atoms with Crippen molar-refractivity contribution in [2.75, 3.05) is 13.1 Å². The summed E-state index contributed by atoms with van der Waals surface area (Å²) >= 11 is 9.18. The molecule has 1 heterocycles. The monoisotopic (exact) mass is 382 g/mol. The third-order valence-corrected chi connectivity index (χ3v) is 6.16. The third-order valence-electron chi connectivity index (χ3n) is 3.36. The van der Waals surface area contributed by atoms with Crippen molar-refractivity contribution in [1.29, 1.82) is 0 Å². The van der Waals surface area contributed by atoms with E-state index in [4.69, 9.17) is 11.6 Å². The minimum absolute atomic E-state index is 0.0104. The maximum atomic E-state index is 12.7. The first-order valence-corrected chi connectivity index (χ1v) is 9.29. The molecule has 0 aromatic carbocycles. The topological polar surface area (TPSA) is 50.3 Å². The fourth-order valence-corrected chi connectivity index (χ4v) is 4.40. The van der Waals surface area contributed by atoms with Crippen molar-refractivity contribution in [1.82, 2.24) is 9.29 Å². The Kier molecular flexibility index (Phi) is 6.91. The highest BCUT2D eigenvalue weighted by molar-refractivity contribution is 9.10. The zero-order valence-electron chi connectivity index (χ0n) is 11.9. The first kappa shape index (κ1) is 17.9. The maximum Gasteiger partial charge on any atom is 0.246 e. The van der Waals surface area contributed by atoms with Gasteiger partial charge < -0.3 is 0 Å². The SMILES string of the molecule is CCC(CC)CN(CC)S(=O)(=O)c1cc(Br)cnc1Cl. The van der Waals surface area contributed by atoms with Gasteiger partial charge in [-0.25, -0.2) is 13.4 Å². The number of rotatable bonds is 7. The molecule has 0 saturated heterocycles. The van der Waals surface area contributed by atoms with Gasteiger partial charge in [-0.1, -0.05) is 45.2 Å². The molecule has 0 spiro atoms. The van der Waals surface area contributed by atoms with Crippen LogP contribution in [0.2, 0.25) is 5.15 Å². The highest BCUT2D eigenvalue weighted by atomic mass is 79.9. The van der Waals surface area contributed by atoms with Crippen LogP contribution in [0.15, 0.2) is 21.6 Å². The van der Waals surface area contributed by atoms with Gasteiger partial charge in [0.2, 0.25) is 10.0 Å². The molecular formula is C13H20BrClN2O2S. The summed E-state index contributed by atoms with van der Waals surface area (Å²) in [5.74, 6) is 0.351. The van der Waals surface area contributed by atoms with Gasteiger partial charge in [0.1, 0.15) is 10.0 Å². The highest BCUT2D eigenvalue weighted by Crippen LogP contribution is 2.26. The standard InChI is InChI=1S/C13H20BrClN2O2S/c1-4-10(5-2)9-17(6-3)20(18,19)12-7-11(14)8-16-13(12)15/h7-8,10H,4-6,9H2,1-3H3. The maximum absolute atomic E-state index is 12.7. The summed E-state index contributed by atoms with van der Waals surface area (Å²) in [4.78, 5) is 3.95. The smallest absolute Gasteiger partial charge is 0.242 e. The molecule has 0 aliphatic heterocycles. The van der Waals surface area contributed by atoms with Crippen LogP contribution in [-0.4, -0.2) is 30.8 Å². The van der Waals surface area contributed by atoms with Gasteiger partial charge in [0.25, 0.3) is 0 Å². The lowest BCUT2D eigenvalue weighted by Gasteiger charge is -2.25. The van der Waals surface area contributed by atoms with E-state index < -0.39 is 10.0 Å². The largest absolute Gasteiger partial charge is 0.246 e. The zero-order valence-corrected chi connectivity index (χ0v) is 15.1. The Morgan fingerprint density at radius 1 is 1.35 bits per heavy atom. The lowest BCUT2D eigenvalue weighted by atomic mass is 10.0. The molecule has 1 aromatic heterocycles. The van der Waals surface area contributed by atoms with Gasteiger partial charge in [0.15, 0.2) is 0 Å². The lowest BCUT2D eigenvalue weighted by molar-refractivity contribution is 0.339. The van der Waals surface area contributed by atoms with Crippen LogP contribution in [0, 0.1) is 5.92 Å². The minimum atomic E-state index is -3.61. The Balaban J connectivity index is 3.15. The van der Waals surface area contributed by atoms with Gasteiger partial charge in [-0.05, 0) is 27.9 Å². The number of hydrogen-bond donors (Lipinski definition) is 0. The summed E-state index contributed by atoms with van der Waals surface area (Å²) in [5, 5.41) is 0.0104. The predicted molar refractivity (Wildman–Crippen MR) is 85.5 cm³/mol. The van der Waals surface area contributed by atoms with Crippen LogP contribution in [-0.2, 0) is 10.0 Å². The molecule has 4 nitrogen and oxygen atoms in total. The molecule has 1 rings (SSSR count). The molecule has 0 unspecified atom stereocenters. The first-order chi connectivity index (χ1) is 9.36. The Hall–Kier alpha value is -0.170. The van der Waals surface area contributed by atoms with Crippen molar-refractivity contribution >= 4 is 37.6 Å². The van der Waals surface area contributed by atoms with E-state index in [9.17, 15) is 8.42 Å². The fraction of sp³-hybridized carbons (Fsp3) is 0.615. The summed E-state index contributed by atoms with van der Waals surface area (Å²) in [6.45, 7) is 6.90. The van der Waals surface area contributed by atoms with Gasteiger partial charge in [-0.2, -0.15) is 4.31 Å². The summed E-state index contributed by atoms with van der Waals surface area (Å²) in [7, 11) is -3.61. The van der Waals surface area contributed by atoms with Crippen molar-refractivity contribution in [3.8, 4) is 0 Å². The molecule has 7 heteroatoms. The molecule has 0 N–H and O–H groups in total. The normalized spacial score (nSPS) is 12.3. The second kappa shape index (κ2) is 7.73. The van der Waals surface area contributed by atoms with Crippen molar-refractivity contribution in [3.05, 3.63) is 21.9 Å². The molecule has 0 bridgehead atoms. The van der Waals surface area contributed by atoms with Crippen LogP contribution >= 0.6 is 27.5 Å². The van der Waals surface area contributed by atoms with Crippen LogP contribution in [0.3, 0.4) is 0 Å². The van der Waals surface area contributed by atoms with Crippen LogP contribution in [0.25, 0.3) is 0 Å². The van der Waals surface area contributed by atoms with Crippen LogP contribution < -0.4 is 0 Å². The zero-order chi connectivity index (χ0) is 15.3. The summed E-state index contributed by atoms with van der Waals surface area (Å²) in [6.07, 6.45) is 3.39. The number of hydrogen-bond acceptors (Lipinski definition) is 3. The number of pyridine rings is 1. The quantitative estimate of drug-likeness (QED) is 0.670. The van der Waals surface area contributed by atoms with Crippen LogP contribution in [0.1, 0.15) is 33.6 Å². The Bertz CT molecular complexity index is 547. The average Bonchev–Trinajstić information content (AvgIpc) is 2.42. The molecule has 0 aliphatic carbocycles. The van der Waals surface area contributed by atoms with E-state index >= 15 is 0 Å². The van der Waals surface area contributed by atoms with Gasteiger partial charge >= 0.3 is 0 Å². The van der Waals surface area contributed by atoms with Crippen molar-refractivity contribution in [3.63, 3.8) is 0 Å². The van der Waals surface area contributed by atoms with E-state index in [2.05, 4.69) is 34.8 Å². The lowest BCUT2D eigenvalue weighted by Crippen LogP contribution is -2.35. The molecule has 1 aromatic rings. The molecule has 0 radical (unpaired) electrons. The fourth-order valence-electron chi connectivity index (χ4n) is 1.96. The van der Waals surface area contributed by atoms with Gasteiger partial charge in [-0.3, -0.25) is 0 Å². The number of nitrogens with zero attached hydrogens (tertiary/aromatic N) is 2. The molecule has 0 aliphatic rings. The Labute approximate surface area is 134 Å². The predicted octanol–water partition coefficient (Wildman–Crippen LogP) is 3.94. The average molecular weight is 384 g/mol. The van der Waals surface area contributed by atoms with Gasteiger partial charge in [0, 0.05) is 23.8 Å². The van der Waals surface area contributed by atoms with Crippen LogP contribution in [0.5, 0.6) is 0 Å². The molecule has 0 amide bonds. The summed E-state index contributed by atoms with van der Waals surface area (Å²) in [5.41, 5.74) is 0. The second-order valence-corrected chi connectivity index (χ2v) is 7.76. The van der Waals surface area contributed by atoms with E-state index in [0.29, 0.717) is 23.5 Å². The van der Waals surface area contributed by atoms with Crippen molar-refractivity contribution in [2.45, 2.75) is 38.5 Å². The van der Waals surface area contributed by atoms with Crippen molar-refractivity contribution < 1.29 is 8.42 Å². The number of halogens is 2. The Morgan fingerprint density at radius 3 is 2.45 bits per heavy atom. The Morgan fingerprint density at radius 2 is 1.95 bits per heavy atom. The molecule has 0 saturated carbocycles. The second-order valence-electron chi connectivity index (χ2n) is 4.58. The van der Waals surface area contributed by atoms with E-state index in [1.54, 1.807) is 0 Å². The van der Waals surface area contributed by atoms with Gasteiger partial charge in [0.05, 0.1) is 0 Å². The molecule has 0 atom stereocenters. The molecule has 20 heavy (non-hydrogen) atoms. The highest BCUT2D eigenvalue weighted by Gasteiger charge is 2.28. The van der Waals surface area contributed by atoms with E-state index in [0.717, 1.165) is 12.8 Å². The number of sulfonamides is 1. The molecule has 0 fully saturated rings. The van der Waals surface area contributed by atoms with Gasteiger partial charge in [-0.15, -0.1) is 0 Å².